The first-order chi connectivity index (χ1) is 20.5. The van der Waals surface area contributed by atoms with E-state index in [1.807, 2.05) is 30.3 Å². The molecule has 0 bridgehead atoms. The molecule has 2 aromatic rings. The van der Waals surface area contributed by atoms with Crippen LogP contribution in [0.15, 0.2) is 47.4 Å². The van der Waals surface area contributed by atoms with Crippen LogP contribution in [0, 0.1) is 11.3 Å². The molecule has 2 amide bonds. The summed E-state index contributed by atoms with van der Waals surface area (Å²) in [7, 11) is 0. The Morgan fingerprint density at radius 3 is 2.30 bits per heavy atom. The molecule has 1 saturated carbocycles. The molecule has 0 radical (unpaired) electrons. The minimum Gasteiger partial charge on any atom is -0.396 e. The van der Waals surface area contributed by atoms with Gasteiger partial charge in [0.1, 0.15) is 0 Å². The summed E-state index contributed by atoms with van der Waals surface area (Å²) in [6.45, 7) is 0.605. The molecule has 2 saturated heterocycles. The number of rotatable bonds is 7. The van der Waals surface area contributed by atoms with Gasteiger partial charge in [0, 0.05) is 49.4 Å². The highest BCUT2D eigenvalue weighted by Crippen LogP contribution is 2.52. The highest BCUT2D eigenvalue weighted by molar-refractivity contribution is 6.00. The zero-order valence-corrected chi connectivity index (χ0v) is 24.0. The third-order valence-corrected chi connectivity index (χ3v) is 9.37. The summed E-state index contributed by atoms with van der Waals surface area (Å²) in [5.74, 6) is -2.64. The van der Waals surface area contributed by atoms with E-state index in [9.17, 15) is 37.8 Å². The Hall–Kier alpha value is -3.22. The van der Waals surface area contributed by atoms with Crippen molar-refractivity contribution in [3.63, 3.8) is 0 Å². The minimum atomic E-state index is -4.60. The molecule has 2 atom stereocenters. The summed E-state index contributed by atoms with van der Waals surface area (Å²) in [6.07, 6.45) is -1.88. The topological polar surface area (TPSA) is 112 Å². The van der Waals surface area contributed by atoms with Crippen LogP contribution in [-0.4, -0.2) is 94.2 Å². The molecule has 12 heteroatoms. The summed E-state index contributed by atoms with van der Waals surface area (Å²) in [5.41, 5.74) is -1.17. The number of aliphatic hydroxyl groups excluding tert-OH is 1. The highest BCUT2D eigenvalue weighted by atomic mass is 19.4. The summed E-state index contributed by atoms with van der Waals surface area (Å²) in [6, 6.07) is 10.5. The number of morpholine rings is 1. The molecular weight excluding hydrogens is 567 g/mol. The van der Waals surface area contributed by atoms with E-state index in [1.54, 1.807) is 4.90 Å². The first-order valence-electron chi connectivity index (χ1n) is 14.8. The first kappa shape index (κ1) is 31.2. The maximum atomic E-state index is 13.7. The van der Waals surface area contributed by atoms with Gasteiger partial charge in [-0.05, 0) is 24.8 Å². The lowest BCUT2D eigenvalue weighted by molar-refractivity contribution is -0.175. The number of amides is 2. The smallest absolute Gasteiger partial charge is 0.389 e. The average Bonchev–Trinajstić information content (AvgIpc) is 3.48. The van der Waals surface area contributed by atoms with Gasteiger partial charge in [0.05, 0.1) is 49.9 Å². The Kier molecular flexibility index (Phi) is 9.01. The SMILES string of the molecule is O=C(c1cn(C[C@@]2(O)CCN(C(=O)[C@H](CO)CC(F)(F)F)CC23CCCC3)c(=O)cc1-c1ccccc1)N1CCOCC1. The Balaban J connectivity index is 1.47. The van der Waals surface area contributed by atoms with Crippen LogP contribution in [0.4, 0.5) is 13.2 Å². The number of likely N-dealkylation sites (tertiary alicyclic amines) is 1. The second-order valence-electron chi connectivity index (χ2n) is 12.1. The Bertz CT molecular complexity index is 1370. The summed E-state index contributed by atoms with van der Waals surface area (Å²) < 4.78 is 46.0. The summed E-state index contributed by atoms with van der Waals surface area (Å²) in [4.78, 5) is 43.4. The number of nitrogens with zero attached hydrogens (tertiary/aromatic N) is 3. The van der Waals surface area contributed by atoms with Gasteiger partial charge in [-0.1, -0.05) is 43.2 Å². The lowest BCUT2D eigenvalue weighted by atomic mass is 9.65. The zero-order chi connectivity index (χ0) is 30.8. The predicted octanol–water partition coefficient (Wildman–Crippen LogP) is 3.07. The number of hydrogen-bond donors (Lipinski definition) is 2. The Morgan fingerprint density at radius 1 is 1.00 bits per heavy atom. The van der Waals surface area contributed by atoms with E-state index in [0.29, 0.717) is 55.8 Å². The number of benzene rings is 1. The number of carbonyl (C=O) groups is 2. The molecule has 0 unspecified atom stereocenters. The number of pyridine rings is 1. The van der Waals surface area contributed by atoms with Crippen molar-refractivity contribution in [2.75, 3.05) is 46.0 Å². The van der Waals surface area contributed by atoms with E-state index >= 15 is 0 Å². The Labute approximate surface area is 247 Å². The fourth-order valence-electron chi connectivity index (χ4n) is 7.00. The van der Waals surface area contributed by atoms with E-state index in [-0.39, 0.29) is 32.0 Å². The van der Waals surface area contributed by atoms with Crippen LogP contribution < -0.4 is 5.56 Å². The van der Waals surface area contributed by atoms with Crippen LogP contribution in [0.3, 0.4) is 0 Å². The van der Waals surface area contributed by atoms with E-state index in [0.717, 1.165) is 12.8 Å². The molecule has 3 heterocycles. The lowest BCUT2D eigenvalue weighted by Crippen LogP contribution is -2.62. The molecule has 3 aliphatic rings. The van der Waals surface area contributed by atoms with Crippen molar-refractivity contribution in [2.45, 2.75) is 56.8 Å². The van der Waals surface area contributed by atoms with Gasteiger partial charge in [0.2, 0.25) is 5.91 Å². The van der Waals surface area contributed by atoms with Gasteiger partial charge in [-0.25, -0.2) is 0 Å². The third kappa shape index (κ3) is 6.51. The molecular formula is C31H38F3N3O6. The van der Waals surface area contributed by atoms with E-state index in [1.165, 1.54) is 21.7 Å². The number of halogens is 3. The van der Waals surface area contributed by atoms with Crippen LogP contribution >= 0.6 is 0 Å². The van der Waals surface area contributed by atoms with Crippen molar-refractivity contribution in [3.8, 4) is 11.1 Å². The predicted molar refractivity (Wildman–Crippen MR) is 151 cm³/mol. The molecule has 3 fully saturated rings. The molecule has 1 spiro atoms. The second kappa shape index (κ2) is 12.4. The largest absolute Gasteiger partial charge is 0.396 e. The van der Waals surface area contributed by atoms with Crippen LogP contribution in [0.1, 0.15) is 48.9 Å². The normalized spacial score (nSPS) is 23.0. The van der Waals surface area contributed by atoms with Gasteiger partial charge in [0.25, 0.3) is 11.5 Å². The van der Waals surface area contributed by atoms with Crippen LogP contribution in [0.5, 0.6) is 0 Å². The zero-order valence-electron chi connectivity index (χ0n) is 24.0. The van der Waals surface area contributed by atoms with Crippen molar-refractivity contribution >= 4 is 11.8 Å². The van der Waals surface area contributed by atoms with Gasteiger partial charge in [0.15, 0.2) is 0 Å². The number of hydrogen-bond acceptors (Lipinski definition) is 6. The molecule has 2 N–H and O–H groups in total. The van der Waals surface area contributed by atoms with Crippen LogP contribution in [-0.2, 0) is 16.1 Å². The monoisotopic (exact) mass is 605 g/mol. The van der Waals surface area contributed by atoms with E-state index in [2.05, 4.69) is 0 Å². The van der Waals surface area contributed by atoms with Gasteiger partial charge in [-0.15, -0.1) is 0 Å². The Morgan fingerprint density at radius 2 is 1.67 bits per heavy atom. The van der Waals surface area contributed by atoms with Crippen molar-refractivity contribution < 1.29 is 37.7 Å². The van der Waals surface area contributed by atoms with E-state index in [4.69, 9.17) is 4.74 Å². The molecule has 2 aliphatic heterocycles. The minimum absolute atomic E-state index is 0.0120. The number of aromatic nitrogens is 1. The molecule has 5 rings (SSSR count). The average molecular weight is 606 g/mol. The van der Waals surface area contributed by atoms with Gasteiger partial charge < -0.3 is 29.3 Å². The molecule has 1 aromatic heterocycles. The quantitative estimate of drug-likeness (QED) is 0.502. The first-order valence-corrected chi connectivity index (χ1v) is 14.8. The summed E-state index contributed by atoms with van der Waals surface area (Å²) in [5, 5.41) is 21.8. The van der Waals surface area contributed by atoms with Crippen molar-refractivity contribution in [3.05, 3.63) is 58.5 Å². The third-order valence-electron chi connectivity index (χ3n) is 9.37. The van der Waals surface area contributed by atoms with Gasteiger partial charge in [-0.3, -0.25) is 14.4 Å². The standard InChI is InChI=1S/C31H38F3N3O6/c32-31(33,34)17-23(19-38)27(40)36-11-10-30(42,29(20-36)8-4-5-9-29)21-37-18-25(28(41)35-12-14-43-15-13-35)24(16-26(37)39)22-6-2-1-3-7-22/h1-3,6-7,16,18,23,38,42H,4-5,8-15,17,19-21H2/t23-,30-/m0/s1. The highest BCUT2D eigenvalue weighted by Gasteiger charge is 2.56. The lowest BCUT2D eigenvalue weighted by Gasteiger charge is -2.52. The molecule has 1 aromatic carbocycles. The van der Waals surface area contributed by atoms with Crippen molar-refractivity contribution in [1.82, 2.24) is 14.4 Å². The van der Waals surface area contributed by atoms with Crippen LogP contribution in [0.25, 0.3) is 11.1 Å². The second-order valence-corrected chi connectivity index (χ2v) is 12.1. The number of carbonyl (C=O) groups excluding carboxylic acids is 2. The molecule has 1 aliphatic carbocycles. The fourth-order valence-corrected chi connectivity index (χ4v) is 7.00. The number of piperidine rings is 1. The fraction of sp³-hybridized carbons (Fsp3) is 0.581. The molecule has 43 heavy (non-hydrogen) atoms. The molecule has 234 valence electrons. The van der Waals surface area contributed by atoms with Gasteiger partial charge in [-0.2, -0.15) is 13.2 Å². The van der Waals surface area contributed by atoms with Gasteiger partial charge >= 0.3 is 6.18 Å². The van der Waals surface area contributed by atoms with Crippen LogP contribution in [0.2, 0.25) is 0 Å². The summed E-state index contributed by atoms with van der Waals surface area (Å²) >= 11 is 0. The number of aliphatic hydroxyl groups is 2. The number of alkyl halides is 3. The maximum Gasteiger partial charge on any atom is 0.389 e. The maximum absolute atomic E-state index is 13.7. The van der Waals surface area contributed by atoms with Crippen molar-refractivity contribution in [2.24, 2.45) is 11.3 Å². The molecule has 9 nitrogen and oxygen atoms in total. The van der Waals surface area contributed by atoms with E-state index < -0.39 is 47.6 Å². The van der Waals surface area contributed by atoms with Crippen molar-refractivity contribution in [1.29, 1.82) is 0 Å². The number of ether oxygens (including phenoxy) is 1.